The van der Waals surface area contributed by atoms with Gasteiger partial charge in [0.15, 0.2) is 0 Å². The SMILES string of the molecule is Cc1ccncc1C(=O)c1snnc1C. The van der Waals surface area contributed by atoms with Crippen LogP contribution < -0.4 is 0 Å². The van der Waals surface area contributed by atoms with Crippen LogP contribution in [0.25, 0.3) is 0 Å². The van der Waals surface area contributed by atoms with Crippen molar-refractivity contribution in [2.45, 2.75) is 13.8 Å². The van der Waals surface area contributed by atoms with Gasteiger partial charge in [0.25, 0.3) is 0 Å². The van der Waals surface area contributed by atoms with E-state index >= 15 is 0 Å². The molecule has 0 amide bonds. The van der Waals surface area contributed by atoms with Crippen molar-refractivity contribution >= 4 is 17.3 Å². The molecule has 0 unspecified atom stereocenters. The fourth-order valence-electron chi connectivity index (χ4n) is 1.26. The summed E-state index contributed by atoms with van der Waals surface area (Å²) >= 11 is 1.12. The minimum Gasteiger partial charge on any atom is -0.287 e. The van der Waals surface area contributed by atoms with E-state index in [9.17, 15) is 4.79 Å². The predicted molar refractivity (Wildman–Crippen MR) is 57.1 cm³/mol. The van der Waals surface area contributed by atoms with Crippen LogP contribution in [0.5, 0.6) is 0 Å². The molecule has 0 aliphatic heterocycles. The normalized spacial score (nSPS) is 10.3. The molecule has 4 nitrogen and oxygen atoms in total. The maximum Gasteiger partial charge on any atom is 0.208 e. The van der Waals surface area contributed by atoms with Crippen LogP contribution in [-0.4, -0.2) is 20.4 Å². The Labute approximate surface area is 91.2 Å². The zero-order valence-electron chi connectivity index (χ0n) is 8.39. The van der Waals surface area contributed by atoms with Crippen LogP contribution in [-0.2, 0) is 0 Å². The lowest BCUT2D eigenvalue weighted by Crippen LogP contribution is -2.03. The van der Waals surface area contributed by atoms with E-state index in [4.69, 9.17) is 0 Å². The Bertz CT molecular complexity index is 507. The molecule has 0 saturated carbocycles. The first-order valence-electron chi connectivity index (χ1n) is 4.44. The number of carbonyl (C=O) groups excluding carboxylic acids is 1. The van der Waals surface area contributed by atoms with Gasteiger partial charge < -0.3 is 0 Å². The van der Waals surface area contributed by atoms with Crippen molar-refractivity contribution in [2.75, 3.05) is 0 Å². The molecule has 2 aromatic rings. The lowest BCUT2D eigenvalue weighted by Gasteiger charge is -2.01. The van der Waals surface area contributed by atoms with Crippen LogP contribution in [0.15, 0.2) is 18.5 Å². The second-order valence-electron chi connectivity index (χ2n) is 3.21. The van der Waals surface area contributed by atoms with Gasteiger partial charge in [-0.1, -0.05) is 4.49 Å². The number of carbonyl (C=O) groups is 1. The van der Waals surface area contributed by atoms with E-state index in [1.165, 1.54) is 0 Å². The molecule has 2 rings (SSSR count). The molecule has 0 aliphatic carbocycles. The van der Waals surface area contributed by atoms with E-state index in [2.05, 4.69) is 14.6 Å². The Balaban J connectivity index is 2.46. The molecular weight excluding hydrogens is 210 g/mol. The molecule has 0 fully saturated rings. The first kappa shape index (κ1) is 9.92. The minimum atomic E-state index is -0.0481. The number of ketones is 1. The van der Waals surface area contributed by atoms with Crippen molar-refractivity contribution in [1.82, 2.24) is 14.6 Å². The summed E-state index contributed by atoms with van der Waals surface area (Å²) in [7, 11) is 0. The highest BCUT2D eigenvalue weighted by atomic mass is 32.1. The predicted octanol–water partition coefficient (Wildman–Crippen LogP) is 1.78. The molecule has 0 N–H and O–H groups in total. The number of aromatic nitrogens is 3. The van der Waals surface area contributed by atoms with E-state index in [1.807, 2.05) is 13.0 Å². The monoisotopic (exact) mass is 219 g/mol. The molecule has 0 aliphatic rings. The van der Waals surface area contributed by atoms with Gasteiger partial charge in [-0.25, -0.2) is 0 Å². The molecule has 5 heteroatoms. The van der Waals surface area contributed by atoms with E-state index in [0.29, 0.717) is 16.1 Å². The Morgan fingerprint density at radius 1 is 1.40 bits per heavy atom. The standard InChI is InChI=1S/C10H9N3OS/c1-6-3-4-11-5-8(6)9(14)10-7(2)12-13-15-10/h3-5H,1-2H3. The van der Waals surface area contributed by atoms with Gasteiger partial charge in [-0.15, -0.1) is 5.10 Å². The Kier molecular flexibility index (Phi) is 2.55. The molecule has 0 atom stereocenters. The zero-order valence-corrected chi connectivity index (χ0v) is 9.21. The van der Waals surface area contributed by atoms with Crippen molar-refractivity contribution in [3.63, 3.8) is 0 Å². The smallest absolute Gasteiger partial charge is 0.208 e. The molecule has 2 aromatic heterocycles. The van der Waals surface area contributed by atoms with Gasteiger partial charge in [-0.2, -0.15) is 0 Å². The van der Waals surface area contributed by atoms with E-state index in [0.717, 1.165) is 17.1 Å². The van der Waals surface area contributed by atoms with Gasteiger partial charge in [0.2, 0.25) is 5.78 Å². The number of rotatable bonds is 2. The maximum absolute atomic E-state index is 12.0. The van der Waals surface area contributed by atoms with Gasteiger partial charge >= 0.3 is 0 Å². The lowest BCUT2D eigenvalue weighted by molar-refractivity contribution is 0.104. The van der Waals surface area contributed by atoms with Gasteiger partial charge in [-0.05, 0) is 37.0 Å². The fourth-order valence-corrected chi connectivity index (χ4v) is 1.87. The number of aryl methyl sites for hydroxylation is 2. The highest BCUT2D eigenvalue weighted by Gasteiger charge is 2.16. The average molecular weight is 219 g/mol. The molecular formula is C10H9N3OS. The van der Waals surface area contributed by atoms with Crippen molar-refractivity contribution in [3.8, 4) is 0 Å². The van der Waals surface area contributed by atoms with E-state index in [1.54, 1.807) is 19.3 Å². The third-order valence-corrected chi connectivity index (χ3v) is 2.97. The van der Waals surface area contributed by atoms with Crippen LogP contribution in [0.3, 0.4) is 0 Å². The molecule has 0 spiro atoms. The van der Waals surface area contributed by atoms with Crippen LogP contribution in [0.4, 0.5) is 0 Å². The molecule has 0 radical (unpaired) electrons. The first-order valence-corrected chi connectivity index (χ1v) is 5.21. The molecule has 0 bridgehead atoms. The van der Waals surface area contributed by atoms with Gasteiger partial charge in [0, 0.05) is 18.0 Å². The summed E-state index contributed by atoms with van der Waals surface area (Å²) in [5, 5.41) is 3.82. The highest BCUT2D eigenvalue weighted by molar-refractivity contribution is 7.08. The molecule has 0 aromatic carbocycles. The third kappa shape index (κ3) is 1.78. The average Bonchev–Trinajstić information content (AvgIpc) is 2.64. The molecule has 76 valence electrons. The summed E-state index contributed by atoms with van der Waals surface area (Å²) in [5.74, 6) is -0.0481. The topological polar surface area (TPSA) is 55.7 Å². The Hall–Kier alpha value is -1.62. The third-order valence-electron chi connectivity index (χ3n) is 2.14. The minimum absolute atomic E-state index is 0.0481. The summed E-state index contributed by atoms with van der Waals surface area (Å²) in [5.41, 5.74) is 2.21. The first-order chi connectivity index (χ1) is 7.20. The lowest BCUT2D eigenvalue weighted by atomic mass is 10.1. The van der Waals surface area contributed by atoms with Crippen LogP contribution in [0.1, 0.15) is 26.5 Å². The largest absolute Gasteiger partial charge is 0.287 e. The summed E-state index contributed by atoms with van der Waals surface area (Å²) in [4.78, 5) is 16.6. The van der Waals surface area contributed by atoms with Crippen molar-refractivity contribution < 1.29 is 4.79 Å². The van der Waals surface area contributed by atoms with Gasteiger partial charge in [0.05, 0.1) is 5.69 Å². The van der Waals surface area contributed by atoms with Gasteiger partial charge in [0.1, 0.15) is 4.88 Å². The molecule has 2 heterocycles. The summed E-state index contributed by atoms with van der Waals surface area (Å²) in [6.45, 7) is 3.67. The van der Waals surface area contributed by atoms with Crippen molar-refractivity contribution in [2.24, 2.45) is 0 Å². The van der Waals surface area contributed by atoms with Crippen LogP contribution >= 0.6 is 11.5 Å². The fraction of sp³-hybridized carbons (Fsp3) is 0.200. The van der Waals surface area contributed by atoms with E-state index in [-0.39, 0.29) is 5.78 Å². The van der Waals surface area contributed by atoms with Crippen molar-refractivity contribution in [1.29, 1.82) is 0 Å². The highest BCUT2D eigenvalue weighted by Crippen LogP contribution is 2.17. The zero-order chi connectivity index (χ0) is 10.8. The summed E-state index contributed by atoms with van der Waals surface area (Å²) in [6.07, 6.45) is 3.25. The van der Waals surface area contributed by atoms with Crippen LogP contribution in [0.2, 0.25) is 0 Å². The Morgan fingerprint density at radius 3 is 2.80 bits per heavy atom. The molecule has 15 heavy (non-hydrogen) atoms. The number of pyridine rings is 1. The Morgan fingerprint density at radius 2 is 2.20 bits per heavy atom. The number of hydrogen-bond acceptors (Lipinski definition) is 5. The van der Waals surface area contributed by atoms with Crippen molar-refractivity contribution in [3.05, 3.63) is 40.2 Å². The number of hydrogen-bond donors (Lipinski definition) is 0. The maximum atomic E-state index is 12.0. The van der Waals surface area contributed by atoms with Crippen LogP contribution in [0, 0.1) is 13.8 Å². The molecule has 0 saturated heterocycles. The second kappa shape index (κ2) is 3.86. The summed E-state index contributed by atoms with van der Waals surface area (Å²) in [6, 6.07) is 1.82. The van der Waals surface area contributed by atoms with Gasteiger partial charge in [-0.3, -0.25) is 9.78 Å². The quantitative estimate of drug-likeness (QED) is 0.722. The van der Waals surface area contributed by atoms with E-state index < -0.39 is 0 Å². The second-order valence-corrected chi connectivity index (χ2v) is 3.96. The summed E-state index contributed by atoms with van der Waals surface area (Å²) < 4.78 is 3.75. The number of nitrogens with zero attached hydrogens (tertiary/aromatic N) is 3.